The smallest absolute Gasteiger partial charge is 0.350 e. The van der Waals surface area contributed by atoms with Crippen LogP contribution in [0.25, 0.3) is 11.8 Å². The first-order valence-electron chi connectivity index (χ1n) is 14.1. The third-order valence-electron chi connectivity index (χ3n) is 7.79. The molecule has 1 N–H and O–H groups in total. The summed E-state index contributed by atoms with van der Waals surface area (Å²) in [5, 5.41) is 12.7. The molecule has 220 valence electrons. The van der Waals surface area contributed by atoms with Crippen molar-refractivity contribution in [3.05, 3.63) is 88.1 Å². The van der Waals surface area contributed by atoms with Crippen molar-refractivity contribution in [2.24, 2.45) is 0 Å². The molecule has 4 heterocycles. The fraction of sp³-hybridized carbons (Fsp3) is 0.387. The normalized spacial score (nSPS) is 18.8. The number of carbonyl (C=O) groups excluding carboxylic acids is 1. The highest BCUT2D eigenvalue weighted by Gasteiger charge is 2.39. The van der Waals surface area contributed by atoms with E-state index in [9.17, 15) is 14.8 Å². The van der Waals surface area contributed by atoms with Crippen molar-refractivity contribution in [2.75, 3.05) is 29.6 Å². The summed E-state index contributed by atoms with van der Waals surface area (Å²) in [6, 6.07) is 7.35. The Hall–Kier alpha value is -4.38. The molecule has 0 saturated carbocycles. The van der Waals surface area contributed by atoms with E-state index in [0.717, 1.165) is 5.06 Å². The number of hydroxylamine groups is 1. The number of hydrogen-bond donors (Lipinski definition) is 1. The number of rotatable bonds is 6. The van der Waals surface area contributed by atoms with Gasteiger partial charge in [-0.05, 0) is 36.5 Å². The molecule has 1 fully saturated rings. The Labute approximate surface area is 244 Å². The molecule has 11 heteroatoms. The summed E-state index contributed by atoms with van der Waals surface area (Å²) in [6.07, 6.45) is 4.10. The molecule has 0 radical (unpaired) electrons. The van der Waals surface area contributed by atoms with E-state index in [1.165, 1.54) is 23.0 Å². The van der Waals surface area contributed by atoms with Crippen LogP contribution in [-0.4, -0.2) is 61.2 Å². The standard InChI is InChI=1S/C31H36FN7O3/c1-7-24(40)36-13-14-37(20(6)16-36)29-22-15-23(32)27(21-11-9-8-10-12-21)39(42)30(22)38(31(41)35-29)28-25(18(2)3)33-17-34-26(28)19(4)5/h7-12,15,17-20,27,42H,1,13-14,16H2,2-6H3/t20-,27?/m0/s1. The Bertz CT molecular complexity index is 1580. The zero-order chi connectivity index (χ0) is 30.3. The van der Waals surface area contributed by atoms with Gasteiger partial charge >= 0.3 is 5.69 Å². The average Bonchev–Trinajstić information content (AvgIpc) is 2.97. The van der Waals surface area contributed by atoms with E-state index >= 15 is 4.39 Å². The first kappa shape index (κ1) is 29.1. The molecule has 0 aliphatic carbocycles. The number of nitrogens with zero attached hydrogens (tertiary/aromatic N) is 7. The van der Waals surface area contributed by atoms with Gasteiger partial charge in [-0.15, -0.1) is 0 Å². The molecule has 0 bridgehead atoms. The number of aromatic nitrogens is 4. The molecule has 5 rings (SSSR count). The molecule has 1 unspecified atom stereocenters. The third-order valence-corrected chi connectivity index (χ3v) is 7.79. The summed E-state index contributed by atoms with van der Waals surface area (Å²) in [7, 11) is 0. The zero-order valence-corrected chi connectivity index (χ0v) is 24.5. The molecular weight excluding hydrogens is 537 g/mol. The summed E-state index contributed by atoms with van der Waals surface area (Å²) in [5.41, 5.74) is 1.76. The lowest BCUT2D eigenvalue weighted by Gasteiger charge is -2.42. The molecule has 1 amide bonds. The van der Waals surface area contributed by atoms with Crippen molar-refractivity contribution in [2.45, 2.75) is 58.5 Å². The first-order chi connectivity index (χ1) is 20.0. The maximum absolute atomic E-state index is 16.0. The lowest BCUT2D eigenvalue weighted by molar-refractivity contribution is -0.126. The fourth-order valence-electron chi connectivity index (χ4n) is 5.76. The molecule has 2 atom stereocenters. The fourth-order valence-corrected chi connectivity index (χ4v) is 5.76. The zero-order valence-electron chi connectivity index (χ0n) is 24.5. The monoisotopic (exact) mass is 573 g/mol. The minimum absolute atomic E-state index is 0.0793. The molecule has 42 heavy (non-hydrogen) atoms. The van der Waals surface area contributed by atoms with Gasteiger partial charge < -0.3 is 9.80 Å². The molecular formula is C31H36FN7O3. The predicted octanol–water partition coefficient (Wildman–Crippen LogP) is 4.75. The number of fused-ring (bicyclic) bond motifs is 1. The maximum Gasteiger partial charge on any atom is 0.355 e. The quantitative estimate of drug-likeness (QED) is 0.421. The van der Waals surface area contributed by atoms with E-state index in [-0.39, 0.29) is 41.0 Å². The maximum atomic E-state index is 16.0. The summed E-state index contributed by atoms with van der Waals surface area (Å²) < 4.78 is 17.3. The van der Waals surface area contributed by atoms with Crippen LogP contribution in [0.4, 0.5) is 16.0 Å². The Morgan fingerprint density at radius 3 is 2.31 bits per heavy atom. The van der Waals surface area contributed by atoms with Crippen molar-refractivity contribution < 1.29 is 14.4 Å². The minimum Gasteiger partial charge on any atom is -0.350 e. The minimum atomic E-state index is -1.19. The summed E-state index contributed by atoms with van der Waals surface area (Å²) in [4.78, 5) is 43.5. The van der Waals surface area contributed by atoms with Gasteiger partial charge in [-0.3, -0.25) is 10.0 Å². The van der Waals surface area contributed by atoms with Crippen LogP contribution in [0.5, 0.6) is 0 Å². The Kier molecular flexibility index (Phi) is 7.96. The van der Waals surface area contributed by atoms with E-state index in [2.05, 4.69) is 21.5 Å². The van der Waals surface area contributed by atoms with E-state index < -0.39 is 17.6 Å². The van der Waals surface area contributed by atoms with Crippen molar-refractivity contribution in [1.29, 1.82) is 0 Å². The number of amides is 1. The van der Waals surface area contributed by atoms with Crippen molar-refractivity contribution in [3.63, 3.8) is 0 Å². The Morgan fingerprint density at radius 1 is 1.10 bits per heavy atom. The SMILES string of the molecule is C=CC(=O)N1CCN(c2nc(=O)n(-c3c(C(C)C)ncnc3C(C)C)c3c2C=C(F)C(c2ccccc2)N3O)[C@@H](C)C1. The summed E-state index contributed by atoms with van der Waals surface area (Å²) in [5.74, 6) is -0.654. The average molecular weight is 574 g/mol. The van der Waals surface area contributed by atoms with Gasteiger partial charge in [-0.1, -0.05) is 64.6 Å². The molecule has 1 aromatic carbocycles. The van der Waals surface area contributed by atoms with Crippen molar-refractivity contribution in [1.82, 2.24) is 24.4 Å². The second-order valence-electron chi connectivity index (χ2n) is 11.3. The largest absolute Gasteiger partial charge is 0.355 e. The van der Waals surface area contributed by atoms with Crippen LogP contribution in [0.1, 0.15) is 75.0 Å². The van der Waals surface area contributed by atoms with E-state index in [1.54, 1.807) is 29.2 Å². The van der Waals surface area contributed by atoms with Gasteiger partial charge in [-0.2, -0.15) is 4.98 Å². The Morgan fingerprint density at radius 2 is 1.74 bits per heavy atom. The van der Waals surface area contributed by atoms with Gasteiger partial charge in [0.15, 0.2) is 5.82 Å². The highest BCUT2D eigenvalue weighted by Crippen LogP contribution is 2.44. The number of piperazine rings is 1. The molecule has 0 spiro atoms. The van der Waals surface area contributed by atoms with Crippen molar-refractivity contribution >= 4 is 23.6 Å². The van der Waals surface area contributed by atoms with Gasteiger partial charge in [0.25, 0.3) is 0 Å². The van der Waals surface area contributed by atoms with Crippen LogP contribution in [0.3, 0.4) is 0 Å². The summed E-state index contributed by atoms with van der Waals surface area (Å²) in [6.45, 7) is 14.4. The molecule has 1 saturated heterocycles. The molecule has 2 aliphatic rings. The number of anilines is 2. The van der Waals surface area contributed by atoms with E-state index in [0.29, 0.717) is 42.3 Å². The highest BCUT2D eigenvalue weighted by molar-refractivity contribution is 5.87. The number of carbonyl (C=O) groups is 1. The number of benzene rings is 1. The molecule has 10 nitrogen and oxygen atoms in total. The van der Waals surface area contributed by atoms with Crippen LogP contribution >= 0.6 is 0 Å². The van der Waals surface area contributed by atoms with Gasteiger partial charge in [-0.25, -0.2) is 28.8 Å². The summed E-state index contributed by atoms with van der Waals surface area (Å²) >= 11 is 0. The third kappa shape index (κ3) is 4.98. The molecule has 2 aromatic heterocycles. The second-order valence-corrected chi connectivity index (χ2v) is 11.3. The van der Waals surface area contributed by atoms with E-state index in [1.807, 2.05) is 45.6 Å². The van der Waals surface area contributed by atoms with Crippen LogP contribution in [0.15, 0.2) is 59.9 Å². The molecule has 3 aromatic rings. The van der Waals surface area contributed by atoms with Gasteiger partial charge in [0, 0.05) is 25.7 Å². The lowest BCUT2D eigenvalue weighted by Crippen LogP contribution is -2.54. The van der Waals surface area contributed by atoms with Crippen LogP contribution < -0.4 is 15.7 Å². The van der Waals surface area contributed by atoms with Crippen LogP contribution in [0, 0.1) is 0 Å². The number of halogens is 1. The van der Waals surface area contributed by atoms with Crippen molar-refractivity contribution in [3.8, 4) is 5.69 Å². The second kappa shape index (κ2) is 11.5. The lowest BCUT2D eigenvalue weighted by atomic mass is 9.98. The van der Waals surface area contributed by atoms with Gasteiger partial charge in [0.05, 0.1) is 22.6 Å². The van der Waals surface area contributed by atoms with E-state index in [4.69, 9.17) is 0 Å². The predicted molar refractivity (Wildman–Crippen MR) is 160 cm³/mol. The Balaban J connectivity index is 1.79. The first-order valence-corrected chi connectivity index (χ1v) is 14.1. The highest BCUT2D eigenvalue weighted by atomic mass is 19.1. The van der Waals surface area contributed by atoms with Gasteiger partial charge in [0.1, 0.15) is 24.0 Å². The molecule has 2 aliphatic heterocycles. The van der Waals surface area contributed by atoms with Crippen LogP contribution in [-0.2, 0) is 4.79 Å². The number of hydrogen-bond acceptors (Lipinski definition) is 8. The topological polar surface area (TPSA) is 108 Å². The van der Waals surface area contributed by atoms with Gasteiger partial charge in [0.2, 0.25) is 5.91 Å². The van der Waals surface area contributed by atoms with Crippen LogP contribution in [0.2, 0.25) is 0 Å².